The Labute approximate surface area is 203 Å². The van der Waals surface area contributed by atoms with Gasteiger partial charge in [0.25, 0.3) is 0 Å². The lowest BCUT2D eigenvalue weighted by molar-refractivity contribution is -0.137. The number of nitrogens with zero attached hydrogens (tertiary/aromatic N) is 2. The maximum Gasteiger partial charge on any atom is 0.416 e. The Hall–Kier alpha value is -4.54. The van der Waals surface area contributed by atoms with E-state index in [-0.39, 0.29) is 6.61 Å². The molecule has 0 saturated heterocycles. The molecule has 0 spiro atoms. The van der Waals surface area contributed by atoms with E-state index in [0.717, 1.165) is 12.1 Å². The molecule has 0 unspecified atom stereocenters. The predicted octanol–water partition coefficient (Wildman–Crippen LogP) is 6.21. The summed E-state index contributed by atoms with van der Waals surface area (Å²) >= 11 is 0. The second-order valence-electron chi connectivity index (χ2n) is 7.43. The number of halogens is 3. The average molecular weight is 499 g/mol. The van der Waals surface area contributed by atoms with E-state index in [4.69, 9.17) is 18.9 Å². The molecule has 1 heterocycles. The van der Waals surface area contributed by atoms with Gasteiger partial charge in [-0.15, -0.1) is 0 Å². The molecule has 4 rings (SSSR count). The first-order valence-electron chi connectivity index (χ1n) is 10.5. The SMILES string of the molecule is COc1cc2ncnc(Oc3ccc(NC(=O)OCc4ccc(C(F)(F)F)cc4)cc3)c2cc1OC. The van der Waals surface area contributed by atoms with E-state index < -0.39 is 17.8 Å². The Morgan fingerprint density at radius 1 is 0.917 bits per heavy atom. The summed E-state index contributed by atoms with van der Waals surface area (Å²) in [7, 11) is 3.05. The van der Waals surface area contributed by atoms with Crippen molar-refractivity contribution in [1.29, 1.82) is 0 Å². The van der Waals surface area contributed by atoms with E-state index in [2.05, 4.69) is 15.3 Å². The molecule has 1 amide bonds. The lowest BCUT2D eigenvalue weighted by Gasteiger charge is -2.12. The minimum Gasteiger partial charge on any atom is -0.493 e. The normalized spacial score (nSPS) is 11.1. The number of carbonyl (C=O) groups excluding carboxylic acids is 1. The molecule has 0 fully saturated rings. The second-order valence-corrected chi connectivity index (χ2v) is 7.43. The fraction of sp³-hybridized carbons (Fsp3) is 0.160. The van der Waals surface area contributed by atoms with Crippen molar-refractivity contribution < 1.29 is 36.9 Å². The molecule has 0 atom stereocenters. The number of hydrogen-bond donors (Lipinski definition) is 1. The number of alkyl halides is 3. The summed E-state index contributed by atoms with van der Waals surface area (Å²) in [5.74, 6) is 1.78. The highest BCUT2D eigenvalue weighted by molar-refractivity contribution is 5.87. The molecular formula is C25H20F3N3O5. The van der Waals surface area contributed by atoms with Gasteiger partial charge in [-0.2, -0.15) is 13.2 Å². The van der Waals surface area contributed by atoms with Crippen LogP contribution in [0.3, 0.4) is 0 Å². The van der Waals surface area contributed by atoms with Crippen LogP contribution in [0, 0.1) is 0 Å². The van der Waals surface area contributed by atoms with Crippen LogP contribution < -0.4 is 19.5 Å². The number of ether oxygens (including phenoxy) is 4. The van der Waals surface area contributed by atoms with Crippen LogP contribution in [0.5, 0.6) is 23.1 Å². The maximum absolute atomic E-state index is 12.6. The first-order valence-corrected chi connectivity index (χ1v) is 10.5. The van der Waals surface area contributed by atoms with Gasteiger partial charge in [0.05, 0.1) is 30.7 Å². The van der Waals surface area contributed by atoms with Crippen molar-refractivity contribution in [1.82, 2.24) is 9.97 Å². The highest BCUT2D eigenvalue weighted by Crippen LogP contribution is 2.36. The summed E-state index contributed by atoms with van der Waals surface area (Å²) in [6, 6.07) is 14.3. The van der Waals surface area contributed by atoms with Crippen LogP contribution in [0.15, 0.2) is 67.0 Å². The number of benzene rings is 3. The van der Waals surface area contributed by atoms with Gasteiger partial charge in [-0.3, -0.25) is 5.32 Å². The van der Waals surface area contributed by atoms with Crippen LogP contribution >= 0.6 is 0 Å². The van der Waals surface area contributed by atoms with Gasteiger partial charge < -0.3 is 18.9 Å². The van der Waals surface area contributed by atoms with Crippen molar-refractivity contribution in [2.75, 3.05) is 19.5 Å². The highest BCUT2D eigenvalue weighted by atomic mass is 19.4. The van der Waals surface area contributed by atoms with Gasteiger partial charge in [0.2, 0.25) is 5.88 Å². The zero-order valence-electron chi connectivity index (χ0n) is 19.1. The Bertz CT molecular complexity index is 1360. The second kappa shape index (κ2) is 10.4. The Balaban J connectivity index is 1.37. The number of methoxy groups -OCH3 is 2. The summed E-state index contributed by atoms with van der Waals surface area (Å²) in [4.78, 5) is 20.5. The maximum atomic E-state index is 12.6. The summed E-state index contributed by atoms with van der Waals surface area (Å²) in [6.45, 7) is -0.180. The number of hydrogen-bond acceptors (Lipinski definition) is 7. The first-order chi connectivity index (χ1) is 17.3. The van der Waals surface area contributed by atoms with Crippen LogP contribution in [0.1, 0.15) is 11.1 Å². The van der Waals surface area contributed by atoms with Crippen LogP contribution in [0.4, 0.5) is 23.7 Å². The topological polar surface area (TPSA) is 91.8 Å². The van der Waals surface area contributed by atoms with E-state index >= 15 is 0 Å². The molecule has 186 valence electrons. The number of anilines is 1. The summed E-state index contributed by atoms with van der Waals surface area (Å²) < 4.78 is 59.5. The molecule has 8 nitrogen and oxygen atoms in total. The predicted molar refractivity (Wildman–Crippen MR) is 124 cm³/mol. The molecule has 11 heteroatoms. The minimum absolute atomic E-state index is 0.180. The lowest BCUT2D eigenvalue weighted by Crippen LogP contribution is -2.13. The highest BCUT2D eigenvalue weighted by Gasteiger charge is 2.29. The Kier molecular flexibility index (Phi) is 7.09. The smallest absolute Gasteiger partial charge is 0.416 e. The van der Waals surface area contributed by atoms with Crippen molar-refractivity contribution in [3.05, 3.63) is 78.1 Å². The number of nitrogens with one attached hydrogen (secondary N) is 1. The van der Waals surface area contributed by atoms with E-state index in [1.165, 1.54) is 32.7 Å². The van der Waals surface area contributed by atoms with Crippen molar-refractivity contribution in [3.63, 3.8) is 0 Å². The third kappa shape index (κ3) is 5.74. The van der Waals surface area contributed by atoms with Crippen molar-refractivity contribution in [3.8, 4) is 23.1 Å². The number of amides is 1. The standard InChI is InChI=1S/C25H20F3N3O5/c1-33-21-11-19-20(12-22(21)34-2)29-14-30-23(19)36-18-9-7-17(8-10-18)31-24(32)35-13-15-3-5-16(6-4-15)25(26,27)28/h3-12,14H,13H2,1-2H3,(H,31,32). The molecule has 4 aromatic rings. The number of aromatic nitrogens is 2. The summed E-state index contributed by atoms with van der Waals surface area (Å²) in [5.41, 5.74) is 0.686. The van der Waals surface area contributed by atoms with Crippen LogP contribution in [-0.2, 0) is 17.5 Å². The lowest BCUT2D eigenvalue weighted by atomic mass is 10.1. The van der Waals surface area contributed by atoms with Crippen molar-refractivity contribution in [2.24, 2.45) is 0 Å². The van der Waals surface area contributed by atoms with E-state index in [9.17, 15) is 18.0 Å². The molecule has 1 N–H and O–H groups in total. The molecule has 0 aliphatic rings. The number of rotatable bonds is 7. The Morgan fingerprint density at radius 3 is 2.22 bits per heavy atom. The zero-order chi connectivity index (χ0) is 25.7. The summed E-state index contributed by atoms with van der Waals surface area (Å²) in [6.07, 6.45) is -3.81. The number of fused-ring (bicyclic) bond motifs is 1. The number of carbonyl (C=O) groups is 1. The monoisotopic (exact) mass is 499 g/mol. The molecular weight excluding hydrogens is 479 g/mol. The molecule has 36 heavy (non-hydrogen) atoms. The zero-order valence-corrected chi connectivity index (χ0v) is 19.1. The molecule has 0 aliphatic carbocycles. The first kappa shape index (κ1) is 24.6. The van der Waals surface area contributed by atoms with Gasteiger partial charge in [-0.1, -0.05) is 12.1 Å². The van der Waals surface area contributed by atoms with Gasteiger partial charge in [-0.25, -0.2) is 14.8 Å². The van der Waals surface area contributed by atoms with Crippen LogP contribution in [-0.4, -0.2) is 30.3 Å². The molecule has 1 aromatic heterocycles. The largest absolute Gasteiger partial charge is 0.493 e. The fourth-order valence-corrected chi connectivity index (χ4v) is 3.25. The molecule has 0 saturated carbocycles. The van der Waals surface area contributed by atoms with Gasteiger partial charge in [0.1, 0.15) is 18.7 Å². The van der Waals surface area contributed by atoms with E-state index in [1.54, 1.807) is 36.4 Å². The molecule has 0 aliphatic heterocycles. The van der Waals surface area contributed by atoms with Gasteiger partial charge in [-0.05, 0) is 48.0 Å². The van der Waals surface area contributed by atoms with E-state index in [0.29, 0.717) is 45.3 Å². The van der Waals surface area contributed by atoms with E-state index in [1.807, 2.05) is 0 Å². The fourth-order valence-electron chi connectivity index (χ4n) is 3.25. The molecule has 0 radical (unpaired) electrons. The summed E-state index contributed by atoms with van der Waals surface area (Å²) in [5, 5.41) is 3.16. The quantitative estimate of drug-likeness (QED) is 0.323. The van der Waals surface area contributed by atoms with Crippen molar-refractivity contribution in [2.45, 2.75) is 12.8 Å². The van der Waals surface area contributed by atoms with Crippen LogP contribution in [0.25, 0.3) is 10.9 Å². The average Bonchev–Trinajstić information content (AvgIpc) is 2.87. The third-order valence-electron chi connectivity index (χ3n) is 5.07. The molecule has 0 bridgehead atoms. The molecule has 3 aromatic carbocycles. The third-order valence-corrected chi connectivity index (χ3v) is 5.07. The van der Waals surface area contributed by atoms with Gasteiger partial charge >= 0.3 is 12.3 Å². The van der Waals surface area contributed by atoms with Crippen molar-refractivity contribution >= 4 is 22.7 Å². The van der Waals surface area contributed by atoms with Crippen LogP contribution in [0.2, 0.25) is 0 Å². The Morgan fingerprint density at radius 2 is 1.58 bits per heavy atom. The minimum atomic E-state index is -4.42. The van der Waals surface area contributed by atoms with Gasteiger partial charge in [0.15, 0.2) is 11.5 Å². The van der Waals surface area contributed by atoms with Gasteiger partial charge in [0, 0.05) is 11.8 Å².